The summed E-state index contributed by atoms with van der Waals surface area (Å²) in [6, 6.07) is 9.62. The minimum Gasteiger partial charge on any atom is -0.348 e. The Bertz CT molecular complexity index is 1210. The lowest BCUT2D eigenvalue weighted by Gasteiger charge is -2.37. The number of piperazine rings is 1. The zero-order chi connectivity index (χ0) is 32.0. The van der Waals surface area contributed by atoms with Crippen molar-refractivity contribution in [2.75, 3.05) is 32.7 Å². The molecule has 1 saturated heterocycles. The van der Waals surface area contributed by atoms with Gasteiger partial charge in [-0.05, 0) is 48.7 Å². The van der Waals surface area contributed by atoms with E-state index in [9.17, 15) is 31.5 Å². The first-order valence-corrected chi connectivity index (χ1v) is 14.7. The van der Waals surface area contributed by atoms with E-state index >= 15 is 0 Å². The van der Waals surface area contributed by atoms with Gasteiger partial charge in [0.05, 0.1) is 12.0 Å². The fraction of sp³-hybridized carbons (Fsp3) is 0.500. The molecule has 2 aromatic carbocycles. The summed E-state index contributed by atoms with van der Waals surface area (Å²) in [7, 11) is 0. The van der Waals surface area contributed by atoms with Gasteiger partial charge in [0.2, 0.25) is 6.41 Å². The number of hydrogen-bond acceptors (Lipinski definition) is 4. The second-order valence-electron chi connectivity index (χ2n) is 10.3. The summed E-state index contributed by atoms with van der Waals surface area (Å²) in [6.45, 7) is 8.30. The van der Waals surface area contributed by atoms with E-state index in [1.54, 1.807) is 6.07 Å². The van der Waals surface area contributed by atoms with E-state index in [1.807, 2.05) is 25.7 Å². The second kappa shape index (κ2) is 17.7. The van der Waals surface area contributed by atoms with Crippen molar-refractivity contribution < 1.29 is 31.5 Å². The normalized spacial score (nSPS) is 16.9. The summed E-state index contributed by atoms with van der Waals surface area (Å²) in [6.07, 6.45) is -1.06. The molecule has 1 aliphatic heterocycles. The number of carbonyl (C=O) groups is 2. The third-order valence-corrected chi connectivity index (χ3v) is 6.85. The van der Waals surface area contributed by atoms with Crippen molar-refractivity contribution in [1.82, 2.24) is 20.4 Å². The molecule has 4 rings (SSSR count). The van der Waals surface area contributed by atoms with Gasteiger partial charge < -0.3 is 15.5 Å². The van der Waals surface area contributed by atoms with E-state index in [-0.39, 0.29) is 47.9 Å². The van der Waals surface area contributed by atoms with Crippen molar-refractivity contribution in [1.29, 1.82) is 0 Å². The Morgan fingerprint density at radius 2 is 1.79 bits per heavy atom. The Labute approximate surface area is 251 Å². The molecule has 43 heavy (non-hydrogen) atoms. The maximum absolute atomic E-state index is 14.6. The molecule has 0 spiro atoms. The molecule has 2 N–H and O–H groups in total. The first-order chi connectivity index (χ1) is 20.5. The number of halogens is 5. The predicted molar refractivity (Wildman–Crippen MR) is 159 cm³/mol. The molecule has 11 heteroatoms. The number of alkyl halides is 3. The van der Waals surface area contributed by atoms with Crippen LogP contribution >= 0.6 is 0 Å². The van der Waals surface area contributed by atoms with Crippen LogP contribution in [0.1, 0.15) is 63.1 Å². The van der Waals surface area contributed by atoms with E-state index < -0.39 is 36.7 Å². The Hall–Kier alpha value is -3.31. The number of rotatable bonds is 10. The zero-order valence-corrected chi connectivity index (χ0v) is 25.4. The highest BCUT2D eigenvalue weighted by Crippen LogP contribution is 2.29. The highest BCUT2D eigenvalue weighted by molar-refractivity contribution is 6.21. The van der Waals surface area contributed by atoms with Crippen LogP contribution < -0.4 is 10.6 Å². The molecule has 1 atom stereocenters. The first kappa shape index (κ1) is 35.9. The molecule has 2 fully saturated rings. The van der Waals surface area contributed by atoms with Crippen molar-refractivity contribution in [2.45, 2.75) is 72.1 Å². The fourth-order valence-corrected chi connectivity index (χ4v) is 4.33. The molecular formula is C32H43F5N4O2. The van der Waals surface area contributed by atoms with Gasteiger partial charge in [0, 0.05) is 51.0 Å². The molecule has 1 heterocycles. The van der Waals surface area contributed by atoms with Crippen LogP contribution in [0.4, 0.5) is 22.0 Å². The van der Waals surface area contributed by atoms with Crippen LogP contribution in [-0.4, -0.2) is 67.1 Å². The Morgan fingerprint density at radius 3 is 2.37 bits per heavy atom. The molecule has 2 aromatic rings. The number of carbonyl (C=O) groups excluding carboxylic acids is 2. The summed E-state index contributed by atoms with van der Waals surface area (Å²) in [5.74, 6) is -1.83. The van der Waals surface area contributed by atoms with Crippen molar-refractivity contribution in [3.63, 3.8) is 0 Å². The van der Waals surface area contributed by atoms with Gasteiger partial charge >= 0.3 is 6.18 Å². The smallest absolute Gasteiger partial charge is 0.348 e. The van der Waals surface area contributed by atoms with E-state index in [1.165, 1.54) is 62.6 Å². The van der Waals surface area contributed by atoms with Crippen LogP contribution in [0.2, 0.25) is 0 Å². The molecule has 0 bridgehead atoms. The third kappa shape index (κ3) is 12.1. The van der Waals surface area contributed by atoms with Gasteiger partial charge in [0.25, 0.3) is 5.91 Å². The summed E-state index contributed by atoms with van der Waals surface area (Å²) in [5, 5.41) is 5.89. The topological polar surface area (TPSA) is 64.7 Å². The maximum atomic E-state index is 14.6. The van der Waals surface area contributed by atoms with Gasteiger partial charge in [0.15, 0.2) is 0 Å². The molecular weight excluding hydrogens is 567 g/mol. The average Bonchev–Trinajstić information content (AvgIpc) is 3.86. The maximum Gasteiger partial charge on any atom is 0.390 e. The molecule has 1 unspecified atom stereocenters. The molecule has 0 aromatic heterocycles. The molecule has 238 valence electrons. The van der Waals surface area contributed by atoms with Crippen LogP contribution in [-0.2, 0) is 16.1 Å². The SMILES string of the molecule is C1CC1.CC.Cc1c(F)cccc1/C(C(=O)NCc1cccc(F)c1)=C(/CN1CCNCC1C)N(C=O)CCC(F)(F)F. The quantitative estimate of drug-likeness (QED) is 0.191. The van der Waals surface area contributed by atoms with Crippen LogP contribution in [0.15, 0.2) is 48.2 Å². The largest absolute Gasteiger partial charge is 0.390 e. The van der Waals surface area contributed by atoms with Crippen molar-refractivity contribution in [2.24, 2.45) is 0 Å². The lowest BCUT2D eigenvalue weighted by atomic mass is 9.96. The Morgan fingerprint density at radius 1 is 1.12 bits per heavy atom. The standard InChI is InChI=1S/C27H31F5N4O2.C3H6.C2H6/c1-18-14-33-10-12-35(18)16-24(36(17-37)11-9-27(30,31)32)25(22-7-4-8-23(29)19(22)2)26(38)34-15-20-5-3-6-21(28)13-20;1-2-3-1;1-2/h3-8,13,17-18,33H,9-12,14-16H2,1-2H3,(H,34,38);1-3H2;1-2H3/b25-24+;;. The number of amides is 2. The van der Waals surface area contributed by atoms with Crippen LogP contribution in [0, 0.1) is 18.6 Å². The van der Waals surface area contributed by atoms with Crippen molar-refractivity contribution >= 4 is 17.9 Å². The van der Waals surface area contributed by atoms with E-state index in [0.29, 0.717) is 25.2 Å². The zero-order valence-electron chi connectivity index (χ0n) is 25.4. The molecule has 2 amide bonds. The van der Waals surface area contributed by atoms with E-state index in [4.69, 9.17) is 0 Å². The number of nitrogens with one attached hydrogen (secondary N) is 2. The van der Waals surface area contributed by atoms with Crippen molar-refractivity contribution in [3.05, 3.63) is 76.5 Å². The summed E-state index contributed by atoms with van der Waals surface area (Å²) < 4.78 is 67.7. The Kier molecular flexibility index (Phi) is 14.8. The molecule has 0 radical (unpaired) electrons. The van der Waals surface area contributed by atoms with E-state index in [0.717, 1.165) is 4.90 Å². The summed E-state index contributed by atoms with van der Waals surface area (Å²) >= 11 is 0. The highest BCUT2D eigenvalue weighted by atomic mass is 19.4. The van der Waals surface area contributed by atoms with Crippen LogP contribution in [0.3, 0.4) is 0 Å². The molecule has 1 aliphatic carbocycles. The fourth-order valence-electron chi connectivity index (χ4n) is 4.33. The highest BCUT2D eigenvalue weighted by Gasteiger charge is 2.32. The summed E-state index contributed by atoms with van der Waals surface area (Å²) in [5.41, 5.74) is 0.631. The lowest BCUT2D eigenvalue weighted by Crippen LogP contribution is -2.51. The lowest BCUT2D eigenvalue weighted by molar-refractivity contribution is -0.139. The summed E-state index contributed by atoms with van der Waals surface area (Å²) in [4.78, 5) is 28.7. The van der Waals surface area contributed by atoms with Gasteiger partial charge in [-0.1, -0.05) is 57.4 Å². The van der Waals surface area contributed by atoms with Gasteiger partial charge in [0.1, 0.15) is 11.6 Å². The second-order valence-corrected chi connectivity index (χ2v) is 10.3. The number of hydrogen-bond donors (Lipinski definition) is 2. The van der Waals surface area contributed by atoms with Gasteiger partial charge in [-0.3, -0.25) is 14.5 Å². The van der Waals surface area contributed by atoms with Crippen LogP contribution in [0.5, 0.6) is 0 Å². The van der Waals surface area contributed by atoms with Gasteiger partial charge in [-0.15, -0.1) is 0 Å². The monoisotopic (exact) mass is 610 g/mol. The molecule has 1 saturated carbocycles. The number of nitrogens with zero attached hydrogens (tertiary/aromatic N) is 2. The minimum atomic E-state index is -4.54. The van der Waals surface area contributed by atoms with Crippen molar-refractivity contribution in [3.8, 4) is 0 Å². The molecule has 6 nitrogen and oxygen atoms in total. The van der Waals surface area contributed by atoms with Gasteiger partial charge in [-0.2, -0.15) is 13.2 Å². The Balaban J connectivity index is 0.00000119. The third-order valence-electron chi connectivity index (χ3n) is 6.85. The predicted octanol–water partition coefficient (Wildman–Crippen LogP) is 6.20. The molecule has 2 aliphatic rings. The average molecular weight is 611 g/mol. The van der Waals surface area contributed by atoms with Gasteiger partial charge in [-0.25, -0.2) is 8.78 Å². The number of benzene rings is 2. The first-order valence-electron chi connectivity index (χ1n) is 14.7. The van der Waals surface area contributed by atoms with E-state index in [2.05, 4.69) is 10.6 Å². The van der Waals surface area contributed by atoms with Crippen LogP contribution in [0.25, 0.3) is 5.57 Å². The minimum absolute atomic E-state index is 0.0158.